The van der Waals surface area contributed by atoms with E-state index < -0.39 is 18.5 Å². The maximum atomic E-state index is 12.6. The fourth-order valence-corrected chi connectivity index (χ4v) is 2.09. The third-order valence-corrected chi connectivity index (χ3v) is 3.35. The zero-order valence-corrected chi connectivity index (χ0v) is 14.2. The molecule has 7 nitrogen and oxygen atoms in total. The Morgan fingerprint density at radius 2 is 1.88 bits per heavy atom. The van der Waals surface area contributed by atoms with Gasteiger partial charge in [0.15, 0.2) is 11.5 Å². The Morgan fingerprint density at radius 3 is 2.42 bits per heavy atom. The van der Waals surface area contributed by atoms with Gasteiger partial charge < -0.3 is 19.5 Å². The number of amides is 1. The van der Waals surface area contributed by atoms with Gasteiger partial charge in [0.05, 0.1) is 31.0 Å². The number of benzene rings is 1. The monoisotopic (exact) mass is 366 g/mol. The van der Waals surface area contributed by atoms with E-state index in [4.69, 9.17) is 4.74 Å². The number of hydrogen-bond donors (Lipinski definition) is 1. The first-order chi connectivity index (χ1) is 12.3. The molecule has 26 heavy (non-hydrogen) atoms. The zero-order valence-electron chi connectivity index (χ0n) is 14.2. The number of ether oxygens (including phenoxy) is 3. The van der Waals surface area contributed by atoms with Crippen molar-refractivity contribution in [3.63, 3.8) is 0 Å². The molecule has 2 rings (SSSR count). The fourth-order valence-electron chi connectivity index (χ4n) is 2.09. The normalized spacial score (nSPS) is 10.4. The number of aromatic nitrogens is 1. The van der Waals surface area contributed by atoms with Crippen molar-refractivity contribution in [3.05, 3.63) is 47.3 Å². The van der Waals surface area contributed by atoms with E-state index in [9.17, 15) is 18.4 Å². The van der Waals surface area contributed by atoms with Crippen LogP contribution in [0.5, 0.6) is 11.5 Å². The lowest BCUT2D eigenvalue weighted by Crippen LogP contribution is -2.16. The van der Waals surface area contributed by atoms with Crippen molar-refractivity contribution in [3.8, 4) is 11.5 Å². The summed E-state index contributed by atoms with van der Waals surface area (Å²) in [4.78, 5) is 28.3. The lowest BCUT2D eigenvalue weighted by molar-refractivity contribution is -0.0511. The van der Waals surface area contributed by atoms with Crippen molar-refractivity contribution in [2.45, 2.75) is 13.5 Å². The average molecular weight is 366 g/mol. The van der Waals surface area contributed by atoms with Crippen LogP contribution in [-0.4, -0.2) is 37.7 Å². The molecule has 0 saturated heterocycles. The number of nitrogens with one attached hydrogen (secondary N) is 1. The number of rotatable bonds is 6. The number of carbonyl (C=O) groups is 2. The van der Waals surface area contributed by atoms with Crippen molar-refractivity contribution in [1.82, 2.24) is 4.98 Å². The molecule has 1 aromatic heterocycles. The van der Waals surface area contributed by atoms with Crippen LogP contribution in [0.3, 0.4) is 0 Å². The molecular weight excluding hydrogens is 350 g/mol. The maximum Gasteiger partial charge on any atom is 0.387 e. The molecule has 2 aromatic rings. The summed E-state index contributed by atoms with van der Waals surface area (Å²) in [6.07, 6.45) is 1.35. The van der Waals surface area contributed by atoms with Crippen molar-refractivity contribution < 1.29 is 32.6 Å². The predicted molar refractivity (Wildman–Crippen MR) is 87.9 cm³/mol. The highest BCUT2D eigenvalue weighted by Crippen LogP contribution is 2.35. The highest BCUT2D eigenvalue weighted by atomic mass is 19.3. The zero-order chi connectivity index (χ0) is 19.3. The minimum Gasteiger partial charge on any atom is -0.493 e. The van der Waals surface area contributed by atoms with Gasteiger partial charge in [0.1, 0.15) is 0 Å². The Morgan fingerprint density at radius 1 is 1.15 bits per heavy atom. The number of halogens is 2. The number of pyridine rings is 1. The number of aryl methyl sites for hydroxylation is 1. The first kappa shape index (κ1) is 19.1. The van der Waals surface area contributed by atoms with E-state index in [2.05, 4.69) is 19.8 Å². The van der Waals surface area contributed by atoms with Crippen LogP contribution in [0.2, 0.25) is 0 Å². The Hall–Kier alpha value is -3.23. The number of anilines is 1. The number of hydrogen-bond acceptors (Lipinski definition) is 6. The van der Waals surface area contributed by atoms with E-state index in [1.807, 2.05) is 0 Å². The molecule has 1 N–H and O–H groups in total. The Bertz CT molecular complexity index is 810. The molecule has 0 aliphatic carbocycles. The van der Waals surface area contributed by atoms with E-state index >= 15 is 0 Å². The summed E-state index contributed by atoms with van der Waals surface area (Å²) in [5.41, 5.74) is 0.783. The quantitative estimate of drug-likeness (QED) is 0.791. The molecule has 1 heterocycles. The van der Waals surface area contributed by atoms with Gasteiger partial charge in [0.2, 0.25) is 0 Å². The second kappa shape index (κ2) is 8.24. The van der Waals surface area contributed by atoms with E-state index in [-0.39, 0.29) is 28.3 Å². The second-order valence-electron chi connectivity index (χ2n) is 5.06. The molecule has 0 atom stereocenters. The van der Waals surface area contributed by atoms with Crippen LogP contribution in [-0.2, 0) is 4.74 Å². The Kier molecular flexibility index (Phi) is 6.05. The number of methoxy groups -OCH3 is 2. The van der Waals surface area contributed by atoms with Crippen LogP contribution >= 0.6 is 0 Å². The summed E-state index contributed by atoms with van der Waals surface area (Å²) in [6.45, 7) is -1.35. The van der Waals surface area contributed by atoms with Gasteiger partial charge in [0.25, 0.3) is 5.91 Å². The number of nitrogens with zero attached hydrogens (tertiary/aromatic N) is 1. The molecule has 0 fully saturated rings. The summed E-state index contributed by atoms with van der Waals surface area (Å²) < 4.78 is 39.2. The SMILES string of the molecule is COC(=O)c1cc(OC)c(OC(F)F)cc1NC(=O)c1ccc(C)nc1. The third-order valence-electron chi connectivity index (χ3n) is 3.35. The molecule has 0 spiro atoms. The summed E-state index contributed by atoms with van der Waals surface area (Å²) in [6, 6.07) is 5.38. The molecule has 0 unspecified atom stereocenters. The van der Waals surface area contributed by atoms with Gasteiger partial charge in [-0.3, -0.25) is 9.78 Å². The van der Waals surface area contributed by atoms with Crippen LogP contribution in [0, 0.1) is 6.92 Å². The van der Waals surface area contributed by atoms with Gasteiger partial charge in [-0.25, -0.2) is 4.79 Å². The van der Waals surface area contributed by atoms with E-state index in [0.717, 1.165) is 19.2 Å². The molecule has 1 amide bonds. The second-order valence-corrected chi connectivity index (χ2v) is 5.06. The van der Waals surface area contributed by atoms with Crippen molar-refractivity contribution in [2.75, 3.05) is 19.5 Å². The molecule has 0 bridgehead atoms. The average Bonchev–Trinajstić information content (AvgIpc) is 2.61. The van der Waals surface area contributed by atoms with Gasteiger partial charge in [-0.05, 0) is 19.1 Å². The largest absolute Gasteiger partial charge is 0.493 e. The highest BCUT2D eigenvalue weighted by Gasteiger charge is 2.21. The molecule has 9 heteroatoms. The molecule has 0 saturated carbocycles. The molecule has 0 aliphatic rings. The van der Waals surface area contributed by atoms with Gasteiger partial charge >= 0.3 is 12.6 Å². The minimum absolute atomic E-state index is 0.0705. The van der Waals surface area contributed by atoms with Crippen molar-refractivity contribution in [2.24, 2.45) is 0 Å². The molecule has 1 aromatic carbocycles. The molecule has 0 radical (unpaired) electrons. The van der Waals surface area contributed by atoms with Gasteiger partial charge in [-0.15, -0.1) is 0 Å². The van der Waals surface area contributed by atoms with Gasteiger partial charge in [-0.1, -0.05) is 0 Å². The van der Waals surface area contributed by atoms with Crippen LogP contribution in [0.4, 0.5) is 14.5 Å². The van der Waals surface area contributed by atoms with E-state index in [1.165, 1.54) is 19.4 Å². The Balaban J connectivity index is 2.44. The first-order valence-electron chi connectivity index (χ1n) is 7.35. The maximum absolute atomic E-state index is 12.6. The summed E-state index contributed by atoms with van der Waals surface area (Å²) in [5.74, 6) is -1.83. The summed E-state index contributed by atoms with van der Waals surface area (Å²) in [7, 11) is 2.37. The molecule has 0 aliphatic heterocycles. The topological polar surface area (TPSA) is 86.8 Å². The summed E-state index contributed by atoms with van der Waals surface area (Å²) in [5, 5.41) is 2.47. The van der Waals surface area contributed by atoms with Crippen molar-refractivity contribution >= 4 is 17.6 Å². The lowest BCUT2D eigenvalue weighted by Gasteiger charge is -2.15. The minimum atomic E-state index is -3.11. The van der Waals surface area contributed by atoms with Crippen molar-refractivity contribution in [1.29, 1.82) is 0 Å². The first-order valence-corrected chi connectivity index (χ1v) is 7.35. The smallest absolute Gasteiger partial charge is 0.387 e. The number of esters is 1. The van der Waals surface area contributed by atoms with Crippen LogP contribution in [0.15, 0.2) is 30.5 Å². The Labute approximate surface area is 147 Å². The highest BCUT2D eigenvalue weighted by molar-refractivity contribution is 6.08. The lowest BCUT2D eigenvalue weighted by atomic mass is 10.1. The molecule has 138 valence electrons. The fraction of sp³-hybridized carbons (Fsp3) is 0.235. The predicted octanol–water partition coefficient (Wildman–Crippen LogP) is 3.04. The van der Waals surface area contributed by atoms with E-state index in [0.29, 0.717) is 5.69 Å². The third kappa shape index (κ3) is 4.44. The van der Waals surface area contributed by atoms with E-state index in [1.54, 1.807) is 13.0 Å². The van der Waals surface area contributed by atoms with Gasteiger partial charge in [-0.2, -0.15) is 8.78 Å². The standard InChI is InChI=1S/C17H16F2N2O5/c1-9-4-5-10(8-20-9)15(22)21-12-7-14(26-17(18)19)13(24-2)6-11(12)16(23)25-3/h4-8,17H,1-3H3,(H,21,22). The van der Waals surface area contributed by atoms with Gasteiger partial charge in [0, 0.05) is 24.0 Å². The summed E-state index contributed by atoms with van der Waals surface area (Å²) >= 11 is 0. The number of carbonyl (C=O) groups excluding carboxylic acids is 2. The molecular formula is C17H16F2N2O5. The number of alkyl halides is 2. The van der Waals surface area contributed by atoms with Crippen LogP contribution in [0.1, 0.15) is 26.4 Å². The van der Waals surface area contributed by atoms with Crippen LogP contribution in [0.25, 0.3) is 0 Å². The van der Waals surface area contributed by atoms with Crippen LogP contribution < -0.4 is 14.8 Å².